The first kappa shape index (κ1) is 14.0. The Hall–Kier alpha value is -0.930. The van der Waals surface area contributed by atoms with Crippen LogP contribution in [0.4, 0.5) is 5.69 Å². The Morgan fingerprint density at radius 2 is 1.90 bits per heavy atom. The molecule has 2 aromatic rings. The van der Waals surface area contributed by atoms with Crippen LogP contribution in [0.25, 0.3) is 0 Å². The van der Waals surface area contributed by atoms with Crippen molar-refractivity contribution in [3.63, 3.8) is 0 Å². The molecule has 1 nitrogen and oxygen atoms in total. The van der Waals surface area contributed by atoms with Gasteiger partial charge in [-0.2, -0.15) is 0 Å². The number of thioether (sulfide) groups is 1. The molecule has 0 saturated heterocycles. The predicted molar refractivity (Wildman–Crippen MR) is 90.9 cm³/mol. The molecule has 0 aliphatic heterocycles. The summed E-state index contributed by atoms with van der Waals surface area (Å²) in [6, 6.07) is 13.7. The van der Waals surface area contributed by atoms with Crippen LogP contribution in [0, 0.1) is 5.92 Å². The summed E-state index contributed by atoms with van der Waals surface area (Å²) in [5.74, 6) is 0.786. The maximum absolute atomic E-state index is 3.78. The van der Waals surface area contributed by atoms with Crippen molar-refractivity contribution >= 4 is 28.8 Å². The number of anilines is 1. The van der Waals surface area contributed by atoms with E-state index >= 15 is 0 Å². The molecule has 1 aromatic heterocycles. The van der Waals surface area contributed by atoms with Crippen LogP contribution in [0.5, 0.6) is 0 Å². The number of benzene rings is 1. The molecule has 3 heteroatoms. The van der Waals surface area contributed by atoms with Gasteiger partial charge in [-0.25, -0.2) is 0 Å². The number of rotatable bonds is 5. The van der Waals surface area contributed by atoms with E-state index in [0.717, 1.165) is 5.92 Å². The molecule has 3 rings (SSSR count). The van der Waals surface area contributed by atoms with Gasteiger partial charge in [0.05, 0.1) is 6.04 Å². The maximum Gasteiger partial charge on any atom is 0.0634 e. The van der Waals surface area contributed by atoms with Crippen molar-refractivity contribution in [2.75, 3.05) is 11.6 Å². The molecule has 0 amide bonds. The van der Waals surface area contributed by atoms with E-state index in [1.54, 1.807) is 11.8 Å². The summed E-state index contributed by atoms with van der Waals surface area (Å²) >= 11 is 3.67. The van der Waals surface area contributed by atoms with Crippen molar-refractivity contribution < 1.29 is 0 Å². The van der Waals surface area contributed by atoms with E-state index in [4.69, 9.17) is 0 Å². The van der Waals surface area contributed by atoms with Gasteiger partial charge < -0.3 is 5.32 Å². The lowest BCUT2D eigenvalue weighted by molar-refractivity contribution is 0.475. The van der Waals surface area contributed by atoms with Gasteiger partial charge in [0.1, 0.15) is 0 Å². The Morgan fingerprint density at radius 3 is 2.50 bits per heavy atom. The molecular formula is C17H21NS2. The summed E-state index contributed by atoms with van der Waals surface area (Å²) in [6.07, 6.45) is 7.62. The van der Waals surface area contributed by atoms with Gasteiger partial charge in [-0.3, -0.25) is 0 Å². The van der Waals surface area contributed by atoms with Crippen LogP contribution in [0.3, 0.4) is 0 Å². The van der Waals surface area contributed by atoms with Gasteiger partial charge in [0.25, 0.3) is 0 Å². The second-order valence-electron chi connectivity index (χ2n) is 5.41. The lowest BCUT2D eigenvalue weighted by atomic mass is 9.96. The normalized spacial score (nSPS) is 17.2. The van der Waals surface area contributed by atoms with Crippen LogP contribution in [0.1, 0.15) is 36.6 Å². The molecule has 1 aromatic carbocycles. The third kappa shape index (κ3) is 3.21. The number of thiophene rings is 1. The van der Waals surface area contributed by atoms with Gasteiger partial charge >= 0.3 is 0 Å². The fourth-order valence-corrected chi connectivity index (χ4v) is 4.32. The van der Waals surface area contributed by atoms with Gasteiger partial charge in [-0.15, -0.1) is 23.1 Å². The molecule has 1 fully saturated rings. The lowest BCUT2D eigenvalue weighted by Gasteiger charge is -2.25. The number of nitrogens with one attached hydrogen (secondary N) is 1. The van der Waals surface area contributed by atoms with Gasteiger partial charge in [-0.1, -0.05) is 18.9 Å². The highest BCUT2D eigenvalue weighted by Gasteiger charge is 2.26. The minimum Gasteiger partial charge on any atom is -0.377 e. The zero-order chi connectivity index (χ0) is 13.8. The van der Waals surface area contributed by atoms with Crippen molar-refractivity contribution in [1.29, 1.82) is 0 Å². The molecule has 20 heavy (non-hydrogen) atoms. The Morgan fingerprint density at radius 1 is 1.15 bits per heavy atom. The second kappa shape index (κ2) is 6.68. The van der Waals surface area contributed by atoms with Crippen molar-refractivity contribution in [1.82, 2.24) is 0 Å². The van der Waals surface area contributed by atoms with E-state index in [2.05, 4.69) is 53.4 Å². The van der Waals surface area contributed by atoms with Crippen LogP contribution in [0.2, 0.25) is 0 Å². The average Bonchev–Trinajstić information content (AvgIpc) is 3.19. The number of hydrogen-bond donors (Lipinski definition) is 1. The molecule has 1 saturated carbocycles. The van der Waals surface area contributed by atoms with Crippen molar-refractivity contribution in [3.05, 3.63) is 46.7 Å². The maximum atomic E-state index is 3.78. The molecule has 1 N–H and O–H groups in total. The molecule has 1 unspecified atom stereocenters. The van der Waals surface area contributed by atoms with E-state index in [9.17, 15) is 0 Å². The topological polar surface area (TPSA) is 12.0 Å². The molecule has 106 valence electrons. The highest BCUT2D eigenvalue weighted by atomic mass is 32.2. The summed E-state index contributed by atoms with van der Waals surface area (Å²) in [5.41, 5.74) is 1.24. The van der Waals surface area contributed by atoms with E-state index in [-0.39, 0.29) is 0 Å². The van der Waals surface area contributed by atoms with Gasteiger partial charge in [-0.05, 0) is 60.7 Å². The van der Waals surface area contributed by atoms with Crippen LogP contribution in [0.15, 0.2) is 46.7 Å². The van der Waals surface area contributed by atoms with Crippen LogP contribution < -0.4 is 5.32 Å². The average molecular weight is 303 g/mol. The zero-order valence-corrected chi connectivity index (χ0v) is 13.5. The highest BCUT2D eigenvalue weighted by Crippen LogP contribution is 2.39. The SMILES string of the molecule is CSc1ccc(NC(c2cccs2)C2CCCC2)cc1. The molecular weight excluding hydrogens is 282 g/mol. The van der Waals surface area contributed by atoms with E-state index in [1.165, 1.54) is 41.1 Å². The quantitative estimate of drug-likeness (QED) is 0.699. The molecule has 0 radical (unpaired) electrons. The van der Waals surface area contributed by atoms with Crippen LogP contribution >= 0.6 is 23.1 Å². The summed E-state index contributed by atoms with van der Waals surface area (Å²) in [4.78, 5) is 2.80. The minimum atomic E-state index is 0.484. The first-order chi connectivity index (χ1) is 9.86. The molecule has 0 spiro atoms. The van der Waals surface area contributed by atoms with E-state index in [1.807, 2.05) is 11.3 Å². The zero-order valence-electron chi connectivity index (χ0n) is 11.8. The highest BCUT2D eigenvalue weighted by molar-refractivity contribution is 7.98. The summed E-state index contributed by atoms with van der Waals surface area (Å²) in [7, 11) is 0. The summed E-state index contributed by atoms with van der Waals surface area (Å²) < 4.78 is 0. The lowest BCUT2D eigenvalue weighted by Crippen LogP contribution is -2.17. The van der Waals surface area contributed by atoms with Crippen LogP contribution in [-0.2, 0) is 0 Å². The Labute approximate surface area is 129 Å². The second-order valence-corrected chi connectivity index (χ2v) is 7.27. The minimum absolute atomic E-state index is 0.484. The van der Waals surface area contributed by atoms with E-state index in [0.29, 0.717) is 6.04 Å². The monoisotopic (exact) mass is 303 g/mol. The van der Waals surface area contributed by atoms with Crippen molar-refractivity contribution in [3.8, 4) is 0 Å². The van der Waals surface area contributed by atoms with Crippen LogP contribution in [-0.4, -0.2) is 6.26 Å². The van der Waals surface area contributed by atoms with E-state index < -0.39 is 0 Å². The van der Waals surface area contributed by atoms with Gasteiger partial charge in [0, 0.05) is 15.5 Å². The third-order valence-electron chi connectivity index (χ3n) is 4.13. The first-order valence-electron chi connectivity index (χ1n) is 7.31. The fraction of sp³-hybridized carbons (Fsp3) is 0.412. The molecule has 1 atom stereocenters. The molecule has 1 aliphatic carbocycles. The fourth-order valence-electron chi connectivity index (χ4n) is 3.05. The standard InChI is InChI=1S/C17H21NS2/c1-19-15-10-8-14(9-11-15)18-17(13-5-2-3-6-13)16-7-4-12-20-16/h4,7-13,17-18H,2-3,5-6H2,1H3. The first-order valence-corrected chi connectivity index (χ1v) is 9.41. The third-order valence-corrected chi connectivity index (χ3v) is 5.83. The van der Waals surface area contributed by atoms with Crippen molar-refractivity contribution in [2.45, 2.75) is 36.6 Å². The Balaban J connectivity index is 1.78. The largest absolute Gasteiger partial charge is 0.377 e. The Kier molecular flexibility index (Phi) is 4.69. The molecule has 1 aliphatic rings. The summed E-state index contributed by atoms with van der Waals surface area (Å²) in [6.45, 7) is 0. The van der Waals surface area contributed by atoms with Crippen molar-refractivity contribution in [2.24, 2.45) is 5.92 Å². The smallest absolute Gasteiger partial charge is 0.0634 e. The van der Waals surface area contributed by atoms with Gasteiger partial charge in [0.2, 0.25) is 0 Å². The van der Waals surface area contributed by atoms with Gasteiger partial charge in [0.15, 0.2) is 0 Å². The molecule has 1 heterocycles. The summed E-state index contributed by atoms with van der Waals surface area (Å²) in [5, 5.41) is 5.97. The molecule has 0 bridgehead atoms. The Bertz CT molecular complexity index is 512. The predicted octanol–water partition coefficient (Wildman–Crippen LogP) is 5.81. The number of hydrogen-bond acceptors (Lipinski definition) is 3.